The number of hydrogen-bond donors (Lipinski definition) is 1. The van der Waals surface area contributed by atoms with Crippen molar-refractivity contribution in [3.63, 3.8) is 0 Å². The van der Waals surface area contributed by atoms with Crippen molar-refractivity contribution in [1.29, 1.82) is 0 Å². The van der Waals surface area contributed by atoms with Gasteiger partial charge in [0.1, 0.15) is 11.4 Å². The van der Waals surface area contributed by atoms with Crippen molar-refractivity contribution in [2.24, 2.45) is 5.92 Å². The molecule has 1 aromatic heterocycles. The molecule has 4 heteroatoms. The van der Waals surface area contributed by atoms with Crippen molar-refractivity contribution in [3.8, 4) is 0 Å². The minimum absolute atomic E-state index is 0.762. The first kappa shape index (κ1) is 13.2. The average Bonchev–Trinajstić information content (AvgIpc) is 2.69. The Morgan fingerprint density at radius 2 is 2.12 bits per heavy atom. The monoisotopic (exact) mass is 225 g/mol. The first-order valence-corrected chi connectivity index (χ1v) is 6.26. The molecule has 1 unspecified atom stereocenters. The van der Waals surface area contributed by atoms with Crippen LogP contribution < -0.4 is 5.32 Å². The van der Waals surface area contributed by atoms with E-state index in [1.165, 1.54) is 25.7 Å². The first-order valence-electron chi connectivity index (χ1n) is 6.26. The third kappa shape index (κ3) is 4.31. The summed E-state index contributed by atoms with van der Waals surface area (Å²) in [5, 5.41) is 11.0. The van der Waals surface area contributed by atoms with Gasteiger partial charge in [0.05, 0.1) is 0 Å². The molecule has 0 saturated heterocycles. The topological polar surface area (TPSA) is 51.0 Å². The van der Waals surface area contributed by atoms with E-state index in [1.54, 1.807) is 0 Å². The number of nitrogens with one attached hydrogen (secondary N) is 1. The van der Waals surface area contributed by atoms with Gasteiger partial charge in [0.25, 0.3) is 0 Å². The third-order valence-corrected chi connectivity index (χ3v) is 3.02. The molecule has 4 nitrogen and oxygen atoms in total. The molecule has 0 bridgehead atoms. The minimum atomic E-state index is 0.762. The quantitative estimate of drug-likeness (QED) is 0.739. The van der Waals surface area contributed by atoms with Gasteiger partial charge in [-0.25, -0.2) is 4.63 Å². The third-order valence-electron chi connectivity index (χ3n) is 3.02. The maximum absolute atomic E-state index is 4.65. The van der Waals surface area contributed by atoms with E-state index >= 15 is 0 Å². The molecule has 16 heavy (non-hydrogen) atoms. The Hall–Kier alpha value is -0.900. The molecule has 1 heterocycles. The van der Waals surface area contributed by atoms with E-state index in [1.807, 2.05) is 6.92 Å². The molecule has 1 atom stereocenters. The second-order valence-electron chi connectivity index (χ2n) is 4.34. The van der Waals surface area contributed by atoms with Crippen molar-refractivity contribution in [1.82, 2.24) is 15.6 Å². The van der Waals surface area contributed by atoms with Crippen LogP contribution in [0, 0.1) is 12.8 Å². The van der Waals surface area contributed by atoms with Gasteiger partial charge in [-0.1, -0.05) is 43.4 Å². The molecule has 1 rings (SSSR count). The van der Waals surface area contributed by atoms with Gasteiger partial charge in [-0.2, -0.15) is 0 Å². The Labute approximate surface area is 97.8 Å². The minimum Gasteiger partial charge on any atom is -0.311 e. The number of rotatable bonds is 8. The second kappa shape index (κ2) is 7.39. The number of nitrogens with zero attached hydrogens (tertiary/aromatic N) is 2. The van der Waals surface area contributed by atoms with Crippen LogP contribution in [0.5, 0.6) is 0 Å². The van der Waals surface area contributed by atoms with Crippen LogP contribution in [-0.2, 0) is 6.54 Å². The molecule has 92 valence electrons. The second-order valence-corrected chi connectivity index (χ2v) is 4.34. The highest BCUT2D eigenvalue weighted by Gasteiger charge is 2.07. The van der Waals surface area contributed by atoms with Gasteiger partial charge >= 0.3 is 0 Å². The standard InChI is InChI=1S/C12H23N3O/c1-4-6-7-11(5-2)8-13-9-12-10(3)14-16-15-12/h11,13H,4-9H2,1-3H3. The van der Waals surface area contributed by atoms with Crippen molar-refractivity contribution in [3.05, 3.63) is 11.4 Å². The molecule has 0 aliphatic carbocycles. The van der Waals surface area contributed by atoms with Crippen LogP contribution in [0.4, 0.5) is 0 Å². The molecular weight excluding hydrogens is 202 g/mol. The van der Waals surface area contributed by atoms with Crippen LogP contribution in [0.1, 0.15) is 50.9 Å². The Morgan fingerprint density at radius 3 is 2.69 bits per heavy atom. The highest BCUT2D eigenvalue weighted by molar-refractivity contribution is 5.03. The number of hydrogen-bond acceptors (Lipinski definition) is 4. The van der Waals surface area contributed by atoms with E-state index in [9.17, 15) is 0 Å². The molecule has 0 aliphatic heterocycles. The number of unbranched alkanes of at least 4 members (excludes halogenated alkanes) is 1. The van der Waals surface area contributed by atoms with Gasteiger partial charge in [-0.15, -0.1) is 0 Å². The van der Waals surface area contributed by atoms with Crippen LogP contribution in [0.25, 0.3) is 0 Å². The van der Waals surface area contributed by atoms with Gasteiger partial charge < -0.3 is 5.32 Å². The van der Waals surface area contributed by atoms with Gasteiger partial charge in [0, 0.05) is 6.54 Å². The van der Waals surface area contributed by atoms with Crippen molar-refractivity contribution in [2.75, 3.05) is 6.54 Å². The summed E-state index contributed by atoms with van der Waals surface area (Å²) in [6.07, 6.45) is 5.16. The molecule has 0 fully saturated rings. The summed E-state index contributed by atoms with van der Waals surface area (Å²) in [4.78, 5) is 0. The average molecular weight is 225 g/mol. The molecule has 0 aliphatic rings. The van der Waals surface area contributed by atoms with E-state index in [4.69, 9.17) is 0 Å². The van der Waals surface area contributed by atoms with Crippen molar-refractivity contribution >= 4 is 0 Å². The molecule has 0 aromatic carbocycles. The summed E-state index contributed by atoms with van der Waals surface area (Å²) in [6.45, 7) is 8.23. The lowest BCUT2D eigenvalue weighted by molar-refractivity contribution is 0.299. The predicted molar refractivity (Wildman–Crippen MR) is 64.0 cm³/mol. The van der Waals surface area contributed by atoms with E-state index in [0.29, 0.717) is 0 Å². The maximum Gasteiger partial charge on any atom is 0.121 e. The highest BCUT2D eigenvalue weighted by atomic mass is 16.6. The maximum atomic E-state index is 4.65. The zero-order valence-electron chi connectivity index (χ0n) is 10.6. The fourth-order valence-corrected chi connectivity index (χ4v) is 1.75. The lowest BCUT2D eigenvalue weighted by Crippen LogP contribution is -2.22. The summed E-state index contributed by atoms with van der Waals surface area (Å²) in [6, 6.07) is 0. The number of aryl methyl sites for hydroxylation is 1. The molecular formula is C12H23N3O. The summed E-state index contributed by atoms with van der Waals surface area (Å²) >= 11 is 0. The molecule has 0 saturated carbocycles. The van der Waals surface area contributed by atoms with Crippen LogP contribution in [-0.4, -0.2) is 16.9 Å². The van der Waals surface area contributed by atoms with Crippen molar-refractivity contribution in [2.45, 2.75) is 53.0 Å². The summed E-state index contributed by atoms with van der Waals surface area (Å²) in [5.74, 6) is 0.778. The smallest absolute Gasteiger partial charge is 0.121 e. The Kier molecular flexibility index (Phi) is 6.08. The van der Waals surface area contributed by atoms with Crippen LogP contribution in [0.15, 0.2) is 4.63 Å². The van der Waals surface area contributed by atoms with Gasteiger partial charge in [0.15, 0.2) is 0 Å². The fourth-order valence-electron chi connectivity index (χ4n) is 1.75. The van der Waals surface area contributed by atoms with Crippen LogP contribution in [0.2, 0.25) is 0 Å². The van der Waals surface area contributed by atoms with E-state index < -0.39 is 0 Å². The van der Waals surface area contributed by atoms with Gasteiger partial charge in [-0.3, -0.25) is 0 Å². The molecule has 0 radical (unpaired) electrons. The zero-order chi connectivity index (χ0) is 11.8. The van der Waals surface area contributed by atoms with Crippen LogP contribution >= 0.6 is 0 Å². The van der Waals surface area contributed by atoms with E-state index in [2.05, 4.69) is 34.1 Å². The summed E-state index contributed by atoms with van der Waals surface area (Å²) < 4.78 is 4.65. The zero-order valence-corrected chi connectivity index (χ0v) is 10.6. The Bertz CT molecular complexity index is 286. The number of aromatic nitrogens is 2. The molecule has 0 spiro atoms. The largest absolute Gasteiger partial charge is 0.311 e. The van der Waals surface area contributed by atoms with Gasteiger partial charge in [0.2, 0.25) is 0 Å². The van der Waals surface area contributed by atoms with E-state index in [-0.39, 0.29) is 0 Å². The highest BCUT2D eigenvalue weighted by Crippen LogP contribution is 2.11. The van der Waals surface area contributed by atoms with E-state index in [0.717, 1.165) is 30.4 Å². The van der Waals surface area contributed by atoms with Crippen LogP contribution in [0.3, 0.4) is 0 Å². The predicted octanol–water partition coefficient (Wildman–Crippen LogP) is 2.68. The molecule has 1 N–H and O–H groups in total. The SMILES string of the molecule is CCCCC(CC)CNCc1nonc1C. The summed E-state index contributed by atoms with van der Waals surface area (Å²) in [7, 11) is 0. The first-order chi connectivity index (χ1) is 7.77. The Balaban J connectivity index is 2.20. The molecule has 1 aromatic rings. The fraction of sp³-hybridized carbons (Fsp3) is 0.833. The Morgan fingerprint density at radius 1 is 1.31 bits per heavy atom. The lowest BCUT2D eigenvalue weighted by Gasteiger charge is -2.14. The van der Waals surface area contributed by atoms with Gasteiger partial charge in [-0.05, 0) is 25.8 Å². The summed E-state index contributed by atoms with van der Waals surface area (Å²) in [5.41, 5.74) is 1.81. The van der Waals surface area contributed by atoms with Crippen molar-refractivity contribution < 1.29 is 4.63 Å². The lowest BCUT2D eigenvalue weighted by atomic mass is 9.99. The normalized spacial score (nSPS) is 12.9. The molecule has 0 amide bonds.